The van der Waals surface area contributed by atoms with E-state index >= 15 is 0 Å². The molecule has 0 aliphatic rings. The number of aromatic nitrogens is 1. The van der Waals surface area contributed by atoms with Gasteiger partial charge in [-0.15, -0.1) is 23.1 Å². The molecule has 2 rings (SSSR count). The van der Waals surface area contributed by atoms with Crippen molar-refractivity contribution >= 4 is 39.8 Å². The number of nitrogen functional groups attached to an aromatic ring is 1. The maximum Gasteiger partial charge on any atom is 0.225 e. The van der Waals surface area contributed by atoms with Crippen LogP contribution in [-0.4, -0.2) is 16.6 Å². The lowest BCUT2D eigenvalue weighted by atomic mass is 10.3. The molecule has 2 aromatic heterocycles. The highest BCUT2D eigenvalue weighted by atomic mass is 32.2. The molecule has 20 heavy (non-hydrogen) atoms. The van der Waals surface area contributed by atoms with Crippen LogP contribution in [0.5, 0.6) is 0 Å². The number of carbonyl (C=O) groups is 1. The largest absolute Gasteiger partial charge is 0.384 e. The summed E-state index contributed by atoms with van der Waals surface area (Å²) in [6.07, 6.45) is 2.06. The van der Waals surface area contributed by atoms with E-state index in [1.165, 1.54) is 23.1 Å². The highest BCUT2D eigenvalue weighted by Crippen LogP contribution is 2.23. The number of hydrogen-bond donors (Lipinski definition) is 2. The van der Waals surface area contributed by atoms with Crippen molar-refractivity contribution in [2.45, 2.75) is 11.3 Å². The van der Waals surface area contributed by atoms with Gasteiger partial charge >= 0.3 is 0 Å². The maximum absolute atomic E-state index is 11.8. The predicted molar refractivity (Wildman–Crippen MR) is 81.7 cm³/mol. The number of nitrogens with two attached hydrogens (primary N) is 1. The zero-order valence-electron chi connectivity index (χ0n) is 10.5. The van der Waals surface area contributed by atoms with Crippen molar-refractivity contribution in [1.29, 1.82) is 5.26 Å². The molecule has 0 saturated carbocycles. The van der Waals surface area contributed by atoms with Crippen molar-refractivity contribution in [1.82, 2.24) is 4.98 Å². The van der Waals surface area contributed by atoms with Crippen molar-refractivity contribution in [2.75, 3.05) is 16.8 Å². The molecule has 102 valence electrons. The van der Waals surface area contributed by atoms with Gasteiger partial charge in [0, 0.05) is 23.3 Å². The first-order valence-corrected chi connectivity index (χ1v) is 7.67. The minimum Gasteiger partial charge on any atom is -0.384 e. The first-order valence-electron chi connectivity index (χ1n) is 5.81. The number of hydrogen-bond acceptors (Lipinski definition) is 6. The van der Waals surface area contributed by atoms with Crippen LogP contribution in [0.15, 0.2) is 34.7 Å². The van der Waals surface area contributed by atoms with E-state index in [1.807, 2.05) is 12.1 Å². The molecule has 0 radical (unpaired) electrons. The SMILES string of the molecule is N#Cc1ccsc1NC(=O)CCSc1ccc(N)nc1. The number of nitrogens with one attached hydrogen (secondary N) is 1. The number of pyridine rings is 1. The summed E-state index contributed by atoms with van der Waals surface area (Å²) < 4.78 is 0. The summed E-state index contributed by atoms with van der Waals surface area (Å²) in [6.45, 7) is 0. The van der Waals surface area contributed by atoms with Crippen LogP contribution in [0.3, 0.4) is 0 Å². The fourth-order valence-corrected chi connectivity index (χ4v) is 2.99. The number of carbonyl (C=O) groups excluding carboxylic acids is 1. The minimum absolute atomic E-state index is 0.0974. The van der Waals surface area contributed by atoms with Gasteiger partial charge in [-0.1, -0.05) is 0 Å². The highest BCUT2D eigenvalue weighted by Gasteiger charge is 2.08. The van der Waals surface area contributed by atoms with Gasteiger partial charge in [-0.05, 0) is 23.6 Å². The predicted octanol–water partition coefficient (Wildman–Crippen LogP) is 2.72. The van der Waals surface area contributed by atoms with E-state index in [9.17, 15) is 4.79 Å². The number of amides is 1. The monoisotopic (exact) mass is 304 g/mol. The number of thioether (sulfide) groups is 1. The van der Waals surface area contributed by atoms with Gasteiger partial charge in [0.05, 0.1) is 5.56 Å². The summed E-state index contributed by atoms with van der Waals surface area (Å²) in [4.78, 5) is 16.7. The van der Waals surface area contributed by atoms with Gasteiger partial charge in [0.2, 0.25) is 5.91 Å². The number of nitriles is 1. The van der Waals surface area contributed by atoms with Gasteiger partial charge in [0.15, 0.2) is 0 Å². The van der Waals surface area contributed by atoms with E-state index in [1.54, 1.807) is 23.7 Å². The molecule has 0 aromatic carbocycles. The van der Waals surface area contributed by atoms with E-state index in [2.05, 4.69) is 10.3 Å². The van der Waals surface area contributed by atoms with E-state index in [-0.39, 0.29) is 5.91 Å². The lowest BCUT2D eigenvalue weighted by Gasteiger charge is -2.03. The number of thiophene rings is 1. The second kappa shape index (κ2) is 6.93. The Bertz CT molecular complexity index is 631. The molecule has 5 nitrogen and oxygen atoms in total. The Balaban J connectivity index is 1.78. The van der Waals surface area contributed by atoms with Crippen LogP contribution < -0.4 is 11.1 Å². The number of rotatable bonds is 5. The van der Waals surface area contributed by atoms with Crippen LogP contribution in [0.4, 0.5) is 10.8 Å². The molecule has 0 saturated heterocycles. The summed E-state index contributed by atoms with van der Waals surface area (Å²) >= 11 is 2.89. The third-order valence-electron chi connectivity index (χ3n) is 2.40. The van der Waals surface area contributed by atoms with Gasteiger partial charge in [0.1, 0.15) is 16.9 Å². The van der Waals surface area contributed by atoms with Crippen molar-refractivity contribution in [3.05, 3.63) is 35.3 Å². The quantitative estimate of drug-likeness (QED) is 0.829. The smallest absolute Gasteiger partial charge is 0.225 e. The van der Waals surface area contributed by atoms with Crippen LogP contribution >= 0.6 is 23.1 Å². The summed E-state index contributed by atoms with van der Waals surface area (Å²) in [7, 11) is 0. The topological polar surface area (TPSA) is 91.8 Å². The maximum atomic E-state index is 11.8. The van der Waals surface area contributed by atoms with E-state index in [4.69, 9.17) is 11.0 Å². The molecule has 3 N–H and O–H groups in total. The first kappa shape index (κ1) is 14.4. The van der Waals surface area contributed by atoms with E-state index in [0.717, 1.165) is 4.90 Å². The first-order chi connectivity index (χ1) is 9.69. The Morgan fingerprint density at radius 3 is 3.05 bits per heavy atom. The lowest BCUT2D eigenvalue weighted by Crippen LogP contribution is -2.11. The summed E-state index contributed by atoms with van der Waals surface area (Å²) in [5.41, 5.74) is 6.00. The molecule has 0 aliphatic carbocycles. The normalized spacial score (nSPS) is 9.95. The standard InChI is InChI=1S/C13H12N4OS2/c14-7-9-3-5-20-13(9)17-12(18)4-6-19-10-1-2-11(15)16-8-10/h1-3,5,8H,4,6H2,(H2,15,16)(H,17,18). The summed E-state index contributed by atoms with van der Waals surface area (Å²) in [6, 6.07) is 7.33. The Labute approximate surface area is 124 Å². The van der Waals surface area contributed by atoms with E-state index in [0.29, 0.717) is 28.6 Å². The second-order valence-electron chi connectivity index (χ2n) is 3.84. The molecule has 7 heteroatoms. The number of anilines is 2. The molecular formula is C13H12N4OS2. The highest BCUT2D eigenvalue weighted by molar-refractivity contribution is 7.99. The zero-order chi connectivity index (χ0) is 14.4. The van der Waals surface area contributed by atoms with Crippen molar-refractivity contribution in [3.8, 4) is 6.07 Å². The molecular weight excluding hydrogens is 292 g/mol. The average Bonchev–Trinajstić information content (AvgIpc) is 2.88. The molecule has 2 aromatic rings. The Hall–Kier alpha value is -2.04. The Morgan fingerprint density at radius 1 is 1.50 bits per heavy atom. The average molecular weight is 304 g/mol. The van der Waals surface area contributed by atoms with Gasteiger partial charge in [-0.2, -0.15) is 5.26 Å². The van der Waals surface area contributed by atoms with Crippen molar-refractivity contribution < 1.29 is 4.79 Å². The molecule has 0 aliphatic heterocycles. The molecule has 0 fully saturated rings. The van der Waals surface area contributed by atoms with Crippen LogP contribution in [0, 0.1) is 11.3 Å². The molecule has 0 spiro atoms. The fraction of sp³-hybridized carbons (Fsp3) is 0.154. The summed E-state index contributed by atoms with van der Waals surface area (Å²) in [5, 5.41) is 14.0. The minimum atomic E-state index is -0.0974. The van der Waals surface area contributed by atoms with Crippen LogP contribution in [0.2, 0.25) is 0 Å². The van der Waals surface area contributed by atoms with Crippen molar-refractivity contribution in [2.24, 2.45) is 0 Å². The molecule has 0 unspecified atom stereocenters. The van der Waals surface area contributed by atoms with Crippen molar-refractivity contribution in [3.63, 3.8) is 0 Å². The van der Waals surface area contributed by atoms with Crippen LogP contribution in [0.1, 0.15) is 12.0 Å². The van der Waals surface area contributed by atoms with Gasteiger partial charge in [-0.3, -0.25) is 4.79 Å². The lowest BCUT2D eigenvalue weighted by molar-refractivity contribution is -0.115. The summed E-state index contributed by atoms with van der Waals surface area (Å²) in [5.74, 6) is 1.03. The van der Waals surface area contributed by atoms with Gasteiger partial charge < -0.3 is 11.1 Å². The fourth-order valence-electron chi connectivity index (χ4n) is 1.42. The Kier molecular flexibility index (Phi) is 4.98. The van der Waals surface area contributed by atoms with Gasteiger partial charge in [0.25, 0.3) is 0 Å². The third-order valence-corrected chi connectivity index (χ3v) is 4.21. The van der Waals surface area contributed by atoms with Crippen LogP contribution in [-0.2, 0) is 4.79 Å². The molecule has 0 atom stereocenters. The van der Waals surface area contributed by atoms with Gasteiger partial charge in [-0.25, -0.2) is 4.98 Å². The molecule has 2 heterocycles. The Morgan fingerprint density at radius 2 is 2.35 bits per heavy atom. The number of nitrogens with zero attached hydrogens (tertiary/aromatic N) is 2. The molecule has 1 amide bonds. The van der Waals surface area contributed by atoms with Crippen LogP contribution in [0.25, 0.3) is 0 Å². The molecule has 0 bridgehead atoms. The van der Waals surface area contributed by atoms with E-state index < -0.39 is 0 Å². The zero-order valence-corrected chi connectivity index (χ0v) is 12.1. The second-order valence-corrected chi connectivity index (χ2v) is 5.93. The third kappa shape index (κ3) is 3.98.